The average Bonchev–Trinajstić information content (AvgIpc) is 2.27. The molecule has 1 heterocycles. The first-order chi connectivity index (χ1) is 8.97. The highest BCUT2D eigenvalue weighted by molar-refractivity contribution is 6.37. The Hall–Kier alpha value is -1.01. The van der Waals surface area contributed by atoms with Gasteiger partial charge >= 0.3 is 0 Å². The number of amides is 1. The topological polar surface area (TPSA) is 73.6 Å². The molecule has 1 saturated heterocycles. The Bertz CT molecular complexity index is 469. The number of hydrogen-bond acceptors (Lipinski definition) is 4. The molecule has 19 heavy (non-hydrogen) atoms. The molecule has 1 unspecified atom stereocenters. The minimum absolute atomic E-state index is 0.0289. The minimum atomic E-state index is -0.611. The maximum atomic E-state index is 12.0. The lowest BCUT2D eigenvalue weighted by atomic mass is 10.2. The van der Waals surface area contributed by atoms with Gasteiger partial charge in [-0.3, -0.25) is 4.79 Å². The average molecular weight is 305 g/mol. The molecule has 1 amide bonds. The fraction of sp³-hybridized carbons (Fsp3) is 0.417. The summed E-state index contributed by atoms with van der Waals surface area (Å²) in [4.78, 5) is 12.0. The molecular formula is C12H14Cl2N2O3. The molecule has 7 heteroatoms. The van der Waals surface area contributed by atoms with E-state index in [1.807, 2.05) is 0 Å². The van der Waals surface area contributed by atoms with E-state index in [2.05, 4.69) is 5.32 Å². The van der Waals surface area contributed by atoms with Crippen molar-refractivity contribution in [2.45, 2.75) is 19.1 Å². The molecule has 1 atom stereocenters. The van der Waals surface area contributed by atoms with Gasteiger partial charge in [0.2, 0.25) is 0 Å². The van der Waals surface area contributed by atoms with Crippen LogP contribution in [0.3, 0.4) is 0 Å². The number of nitrogen functional groups attached to an aromatic ring is 1. The van der Waals surface area contributed by atoms with Crippen molar-refractivity contribution in [2.75, 3.05) is 24.3 Å². The normalized spacial score (nSPS) is 16.8. The standard InChI is InChI=1S/C12H14Cl2N2O3/c1-6(19-8-4-18-5-8)12(17)16-11-9(14)2-7(13)3-10(11)15/h2-3,6,8H,4-5,15H2,1H3,(H,16,17). The number of carbonyl (C=O) groups excluding carboxylic acids is 1. The molecule has 0 radical (unpaired) electrons. The molecule has 5 nitrogen and oxygen atoms in total. The smallest absolute Gasteiger partial charge is 0.253 e. The van der Waals surface area contributed by atoms with Crippen molar-refractivity contribution in [3.63, 3.8) is 0 Å². The van der Waals surface area contributed by atoms with Gasteiger partial charge in [0.15, 0.2) is 0 Å². The molecule has 1 aliphatic rings. The Labute approximate surface area is 121 Å². The molecule has 0 spiro atoms. The van der Waals surface area contributed by atoms with Gasteiger partial charge in [0, 0.05) is 5.02 Å². The van der Waals surface area contributed by atoms with Crippen LogP contribution in [0.15, 0.2) is 12.1 Å². The van der Waals surface area contributed by atoms with Crippen LogP contribution in [0.1, 0.15) is 6.92 Å². The molecule has 2 rings (SSSR count). The Balaban J connectivity index is 2.01. The number of rotatable bonds is 4. The molecule has 0 aliphatic carbocycles. The van der Waals surface area contributed by atoms with Gasteiger partial charge in [0.25, 0.3) is 5.91 Å². The zero-order chi connectivity index (χ0) is 14.0. The highest BCUT2D eigenvalue weighted by atomic mass is 35.5. The lowest BCUT2D eigenvalue weighted by Gasteiger charge is -2.28. The van der Waals surface area contributed by atoms with Gasteiger partial charge in [0.05, 0.1) is 29.6 Å². The third-order valence-electron chi connectivity index (χ3n) is 2.71. The number of nitrogens with two attached hydrogens (primary N) is 1. The van der Waals surface area contributed by atoms with Gasteiger partial charge < -0.3 is 20.5 Å². The molecular weight excluding hydrogens is 291 g/mol. The molecule has 0 saturated carbocycles. The molecule has 1 aromatic rings. The Morgan fingerprint density at radius 3 is 2.74 bits per heavy atom. The maximum Gasteiger partial charge on any atom is 0.253 e. The Morgan fingerprint density at radius 2 is 2.21 bits per heavy atom. The van der Waals surface area contributed by atoms with Gasteiger partial charge in [-0.05, 0) is 19.1 Å². The number of benzene rings is 1. The summed E-state index contributed by atoms with van der Waals surface area (Å²) in [5, 5.41) is 3.34. The van der Waals surface area contributed by atoms with Crippen molar-refractivity contribution in [2.24, 2.45) is 0 Å². The third kappa shape index (κ3) is 3.51. The predicted octanol–water partition coefficient (Wildman–Crippen LogP) is 2.32. The van der Waals surface area contributed by atoms with Gasteiger partial charge in [-0.1, -0.05) is 23.2 Å². The van der Waals surface area contributed by atoms with Crippen LogP contribution in [-0.2, 0) is 14.3 Å². The number of carbonyl (C=O) groups is 1. The van der Waals surface area contributed by atoms with Crippen molar-refractivity contribution >= 4 is 40.5 Å². The van der Waals surface area contributed by atoms with E-state index >= 15 is 0 Å². The first kappa shape index (κ1) is 14.4. The van der Waals surface area contributed by atoms with Crippen LogP contribution in [-0.4, -0.2) is 31.3 Å². The second kappa shape index (κ2) is 5.96. The van der Waals surface area contributed by atoms with Gasteiger partial charge in [-0.2, -0.15) is 0 Å². The highest BCUT2D eigenvalue weighted by Gasteiger charge is 2.25. The van der Waals surface area contributed by atoms with Crippen LogP contribution < -0.4 is 11.1 Å². The lowest BCUT2D eigenvalue weighted by molar-refractivity contribution is -0.161. The summed E-state index contributed by atoms with van der Waals surface area (Å²) in [6.07, 6.45) is -0.640. The molecule has 1 aromatic carbocycles. The zero-order valence-corrected chi connectivity index (χ0v) is 11.8. The molecule has 1 aliphatic heterocycles. The van der Waals surface area contributed by atoms with Crippen molar-refractivity contribution < 1.29 is 14.3 Å². The molecule has 0 bridgehead atoms. The maximum absolute atomic E-state index is 12.0. The van der Waals surface area contributed by atoms with E-state index in [4.69, 9.17) is 38.4 Å². The fourth-order valence-electron chi connectivity index (χ4n) is 1.59. The first-order valence-electron chi connectivity index (χ1n) is 5.76. The minimum Gasteiger partial charge on any atom is -0.397 e. The molecule has 104 valence electrons. The van der Waals surface area contributed by atoms with E-state index in [1.54, 1.807) is 6.92 Å². The summed E-state index contributed by atoms with van der Waals surface area (Å²) in [7, 11) is 0. The monoisotopic (exact) mass is 304 g/mol. The number of ether oxygens (including phenoxy) is 2. The predicted molar refractivity (Wildman–Crippen MR) is 74.7 cm³/mol. The quantitative estimate of drug-likeness (QED) is 0.837. The summed E-state index contributed by atoms with van der Waals surface area (Å²) in [6, 6.07) is 3.04. The number of anilines is 2. The lowest BCUT2D eigenvalue weighted by Crippen LogP contribution is -2.41. The second-order valence-corrected chi connectivity index (χ2v) is 5.12. The Kier molecular flexibility index (Phi) is 4.52. The zero-order valence-electron chi connectivity index (χ0n) is 10.3. The summed E-state index contributed by atoms with van der Waals surface area (Å²) < 4.78 is 10.4. The van der Waals surface area contributed by atoms with E-state index in [0.717, 1.165) is 0 Å². The number of nitrogens with one attached hydrogen (secondary N) is 1. The van der Waals surface area contributed by atoms with Crippen LogP contribution in [0.4, 0.5) is 11.4 Å². The van der Waals surface area contributed by atoms with Crippen LogP contribution in [0.25, 0.3) is 0 Å². The van der Waals surface area contributed by atoms with E-state index in [-0.39, 0.29) is 17.0 Å². The number of hydrogen-bond donors (Lipinski definition) is 2. The molecule has 3 N–H and O–H groups in total. The van der Waals surface area contributed by atoms with E-state index in [0.29, 0.717) is 29.6 Å². The third-order valence-corrected chi connectivity index (χ3v) is 3.22. The van der Waals surface area contributed by atoms with Crippen LogP contribution >= 0.6 is 23.2 Å². The summed E-state index contributed by atoms with van der Waals surface area (Å²) in [5.41, 5.74) is 6.42. The van der Waals surface area contributed by atoms with Gasteiger partial charge in [-0.15, -0.1) is 0 Å². The molecule has 0 aromatic heterocycles. The van der Waals surface area contributed by atoms with Crippen molar-refractivity contribution in [1.29, 1.82) is 0 Å². The number of halogens is 2. The van der Waals surface area contributed by atoms with Crippen LogP contribution in [0.2, 0.25) is 10.0 Å². The van der Waals surface area contributed by atoms with E-state index < -0.39 is 6.10 Å². The van der Waals surface area contributed by atoms with E-state index in [1.165, 1.54) is 12.1 Å². The largest absolute Gasteiger partial charge is 0.397 e. The van der Waals surface area contributed by atoms with Crippen molar-refractivity contribution in [3.8, 4) is 0 Å². The SMILES string of the molecule is CC(OC1COC1)C(=O)Nc1c(N)cc(Cl)cc1Cl. The van der Waals surface area contributed by atoms with E-state index in [9.17, 15) is 4.79 Å². The van der Waals surface area contributed by atoms with Crippen LogP contribution in [0.5, 0.6) is 0 Å². The first-order valence-corrected chi connectivity index (χ1v) is 6.51. The Morgan fingerprint density at radius 1 is 1.53 bits per heavy atom. The highest BCUT2D eigenvalue weighted by Crippen LogP contribution is 2.32. The van der Waals surface area contributed by atoms with Crippen LogP contribution in [0, 0.1) is 0 Å². The molecule has 1 fully saturated rings. The summed E-state index contributed by atoms with van der Waals surface area (Å²) in [5.74, 6) is -0.317. The van der Waals surface area contributed by atoms with Gasteiger partial charge in [-0.25, -0.2) is 0 Å². The second-order valence-electron chi connectivity index (χ2n) is 4.28. The van der Waals surface area contributed by atoms with Gasteiger partial charge in [0.1, 0.15) is 12.2 Å². The fourth-order valence-corrected chi connectivity index (χ4v) is 2.15. The summed E-state index contributed by atoms with van der Waals surface area (Å²) >= 11 is 11.8. The van der Waals surface area contributed by atoms with Crippen molar-refractivity contribution in [3.05, 3.63) is 22.2 Å². The summed E-state index contributed by atoms with van der Waals surface area (Å²) in [6.45, 7) is 2.69. The van der Waals surface area contributed by atoms with Crippen molar-refractivity contribution in [1.82, 2.24) is 0 Å².